The van der Waals surface area contributed by atoms with Gasteiger partial charge in [0.05, 0.1) is 5.54 Å². The largest absolute Gasteiger partial charge is 0.409 e. The Bertz CT molecular complexity index is 427. The minimum absolute atomic E-state index is 0.0621. The van der Waals surface area contributed by atoms with E-state index < -0.39 is 15.7 Å². The Kier molecular flexibility index (Phi) is 5.17. The molecular formula is C11H24N4O3S. The summed E-state index contributed by atoms with van der Waals surface area (Å²) in [4.78, 5) is 0. The quantitative estimate of drug-likeness (QED) is 0.298. The highest BCUT2D eigenvalue weighted by Gasteiger charge is 2.41. The van der Waals surface area contributed by atoms with Gasteiger partial charge < -0.3 is 10.9 Å². The number of amidine groups is 1. The van der Waals surface area contributed by atoms with Crippen LogP contribution in [-0.4, -0.2) is 42.4 Å². The van der Waals surface area contributed by atoms with E-state index >= 15 is 0 Å². The maximum Gasteiger partial charge on any atom is 0.280 e. The van der Waals surface area contributed by atoms with E-state index in [9.17, 15) is 8.42 Å². The van der Waals surface area contributed by atoms with E-state index in [0.717, 1.165) is 19.3 Å². The summed E-state index contributed by atoms with van der Waals surface area (Å²) in [6, 6.07) is -0.162. The first-order valence-electron chi connectivity index (χ1n) is 6.50. The highest BCUT2D eigenvalue weighted by Crippen LogP contribution is 2.29. The Morgan fingerprint density at radius 1 is 1.37 bits per heavy atom. The first kappa shape index (κ1) is 16.2. The van der Waals surface area contributed by atoms with Crippen molar-refractivity contribution in [2.75, 3.05) is 7.05 Å². The first-order valence-corrected chi connectivity index (χ1v) is 7.94. The maximum atomic E-state index is 12.3. The molecule has 1 rings (SSSR count). The standard InChI is InChI=1S/C11H24N4O3S/c1-9(2)15(3)19(17,18)14-11(10(12)13-16)7-5-4-6-8-11/h9,14,16H,4-8H2,1-3H3,(H2,12,13). The van der Waals surface area contributed by atoms with Crippen molar-refractivity contribution in [2.45, 2.75) is 57.5 Å². The number of hydrogen-bond donors (Lipinski definition) is 3. The molecule has 1 aliphatic carbocycles. The Balaban J connectivity index is 3.02. The summed E-state index contributed by atoms with van der Waals surface area (Å²) in [5.41, 5.74) is 4.76. The van der Waals surface area contributed by atoms with E-state index in [2.05, 4.69) is 9.88 Å². The molecule has 0 bridgehead atoms. The molecule has 0 aromatic carbocycles. The first-order chi connectivity index (χ1) is 8.75. The van der Waals surface area contributed by atoms with Crippen LogP contribution in [0.4, 0.5) is 0 Å². The molecule has 1 saturated carbocycles. The third-order valence-electron chi connectivity index (χ3n) is 3.74. The van der Waals surface area contributed by atoms with Crippen LogP contribution in [0.25, 0.3) is 0 Å². The number of nitrogens with zero attached hydrogens (tertiary/aromatic N) is 2. The van der Waals surface area contributed by atoms with Crippen LogP contribution in [0.5, 0.6) is 0 Å². The molecule has 0 aromatic rings. The zero-order chi connectivity index (χ0) is 14.7. The van der Waals surface area contributed by atoms with Crippen molar-refractivity contribution < 1.29 is 13.6 Å². The minimum atomic E-state index is -3.66. The highest BCUT2D eigenvalue weighted by molar-refractivity contribution is 7.87. The number of nitrogens with one attached hydrogen (secondary N) is 1. The van der Waals surface area contributed by atoms with Crippen molar-refractivity contribution in [2.24, 2.45) is 10.9 Å². The predicted molar refractivity (Wildman–Crippen MR) is 74.2 cm³/mol. The number of nitrogens with two attached hydrogens (primary N) is 1. The number of hydrogen-bond acceptors (Lipinski definition) is 4. The van der Waals surface area contributed by atoms with Crippen LogP contribution < -0.4 is 10.5 Å². The average molecular weight is 292 g/mol. The maximum absolute atomic E-state index is 12.3. The Hall–Kier alpha value is -0.860. The summed E-state index contributed by atoms with van der Waals surface area (Å²) in [5.74, 6) is -0.0621. The van der Waals surface area contributed by atoms with Crippen LogP contribution in [0.2, 0.25) is 0 Å². The summed E-state index contributed by atoms with van der Waals surface area (Å²) in [5, 5.41) is 11.9. The number of rotatable bonds is 5. The van der Waals surface area contributed by atoms with Gasteiger partial charge in [0.15, 0.2) is 5.84 Å². The van der Waals surface area contributed by atoms with Gasteiger partial charge in [-0.15, -0.1) is 0 Å². The lowest BCUT2D eigenvalue weighted by Crippen LogP contribution is -2.61. The van der Waals surface area contributed by atoms with Crippen LogP contribution in [0.3, 0.4) is 0 Å². The van der Waals surface area contributed by atoms with Crippen molar-refractivity contribution in [3.63, 3.8) is 0 Å². The fourth-order valence-electron chi connectivity index (χ4n) is 2.26. The van der Waals surface area contributed by atoms with Gasteiger partial charge in [-0.3, -0.25) is 0 Å². The fraction of sp³-hybridized carbons (Fsp3) is 0.909. The molecule has 19 heavy (non-hydrogen) atoms. The lowest BCUT2D eigenvalue weighted by atomic mass is 9.82. The second-order valence-electron chi connectivity index (χ2n) is 5.35. The van der Waals surface area contributed by atoms with Crippen molar-refractivity contribution >= 4 is 16.0 Å². The van der Waals surface area contributed by atoms with E-state index in [1.165, 1.54) is 11.4 Å². The van der Waals surface area contributed by atoms with Crippen LogP contribution >= 0.6 is 0 Å². The van der Waals surface area contributed by atoms with E-state index in [-0.39, 0.29) is 11.9 Å². The molecule has 0 saturated heterocycles. The molecule has 7 nitrogen and oxygen atoms in total. The van der Waals surface area contributed by atoms with Gasteiger partial charge in [-0.25, -0.2) is 0 Å². The van der Waals surface area contributed by atoms with Crippen LogP contribution in [0, 0.1) is 0 Å². The normalized spacial score (nSPS) is 21.0. The van der Waals surface area contributed by atoms with E-state index in [1.807, 2.05) is 0 Å². The molecule has 8 heteroatoms. The summed E-state index contributed by atoms with van der Waals surface area (Å²) < 4.78 is 28.4. The minimum Gasteiger partial charge on any atom is -0.409 e. The molecule has 4 N–H and O–H groups in total. The predicted octanol–water partition coefficient (Wildman–Crippen LogP) is 0.610. The van der Waals surface area contributed by atoms with Gasteiger partial charge in [0, 0.05) is 13.1 Å². The van der Waals surface area contributed by atoms with Crippen molar-refractivity contribution in [3.8, 4) is 0 Å². The van der Waals surface area contributed by atoms with E-state index in [4.69, 9.17) is 10.9 Å². The van der Waals surface area contributed by atoms with Gasteiger partial charge in [0.25, 0.3) is 10.2 Å². The van der Waals surface area contributed by atoms with Gasteiger partial charge in [-0.1, -0.05) is 24.4 Å². The van der Waals surface area contributed by atoms with Crippen molar-refractivity contribution in [3.05, 3.63) is 0 Å². The zero-order valence-corrected chi connectivity index (χ0v) is 12.6. The Morgan fingerprint density at radius 2 is 1.89 bits per heavy atom. The second-order valence-corrected chi connectivity index (χ2v) is 7.08. The van der Waals surface area contributed by atoms with Gasteiger partial charge in [-0.05, 0) is 26.7 Å². The lowest BCUT2D eigenvalue weighted by Gasteiger charge is -2.38. The second kappa shape index (κ2) is 6.06. The van der Waals surface area contributed by atoms with Gasteiger partial charge in [0.1, 0.15) is 0 Å². The third-order valence-corrected chi connectivity index (χ3v) is 5.56. The molecule has 0 spiro atoms. The summed E-state index contributed by atoms with van der Waals surface area (Å²) in [7, 11) is -2.15. The Morgan fingerprint density at radius 3 is 2.32 bits per heavy atom. The zero-order valence-electron chi connectivity index (χ0n) is 11.8. The lowest BCUT2D eigenvalue weighted by molar-refractivity contribution is 0.289. The molecule has 1 fully saturated rings. The molecule has 0 aromatic heterocycles. The SMILES string of the molecule is CC(C)N(C)S(=O)(=O)NC1(/C(N)=N/O)CCCCC1. The van der Waals surface area contributed by atoms with Gasteiger partial charge in [0.2, 0.25) is 0 Å². The average Bonchev–Trinajstić information content (AvgIpc) is 2.37. The topological polar surface area (TPSA) is 108 Å². The molecule has 0 atom stereocenters. The van der Waals surface area contributed by atoms with E-state index in [0.29, 0.717) is 12.8 Å². The summed E-state index contributed by atoms with van der Waals surface area (Å²) >= 11 is 0. The molecule has 112 valence electrons. The van der Waals surface area contributed by atoms with Crippen LogP contribution in [0.1, 0.15) is 46.0 Å². The Labute approximate surface area is 115 Å². The molecular weight excluding hydrogens is 268 g/mol. The monoisotopic (exact) mass is 292 g/mol. The molecule has 0 aliphatic heterocycles. The van der Waals surface area contributed by atoms with Gasteiger partial charge in [-0.2, -0.15) is 17.4 Å². The molecule has 1 aliphatic rings. The summed E-state index contributed by atoms with van der Waals surface area (Å²) in [6.07, 6.45) is 3.83. The highest BCUT2D eigenvalue weighted by atomic mass is 32.2. The molecule has 0 unspecified atom stereocenters. The van der Waals surface area contributed by atoms with Crippen LogP contribution in [-0.2, 0) is 10.2 Å². The van der Waals surface area contributed by atoms with Crippen molar-refractivity contribution in [1.29, 1.82) is 0 Å². The third kappa shape index (κ3) is 3.58. The summed E-state index contributed by atoms with van der Waals surface area (Å²) in [6.45, 7) is 3.58. The smallest absolute Gasteiger partial charge is 0.280 e. The van der Waals surface area contributed by atoms with E-state index in [1.54, 1.807) is 13.8 Å². The molecule has 0 radical (unpaired) electrons. The van der Waals surface area contributed by atoms with Gasteiger partial charge >= 0.3 is 0 Å². The molecule has 0 heterocycles. The fourth-order valence-corrected chi connectivity index (χ4v) is 3.76. The van der Waals surface area contributed by atoms with Crippen molar-refractivity contribution in [1.82, 2.24) is 9.03 Å². The number of oxime groups is 1. The van der Waals surface area contributed by atoms with Crippen LogP contribution in [0.15, 0.2) is 5.16 Å². The molecule has 0 amide bonds.